The van der Waals surface area contributed by atoms with E-state index in [9.17, 15) is 27.9 Å². The number of hydrogen-bond donors (Lipinski definition) is 2. The lowest BCUT2D eigenvalue weighted by Crippen LogP contribution is -2.55. The molecule has 10 heteroatoms. The van der Waals surface area contributed by atoms with Crippen molar-refractivity contribution in [2.75, 3.05) is 13.1 Å². The minimum atomic E-state index is -4.40. The summed E-state index contributed by atoms with van der Waals surface area (Å²) >= 11 is 0. The molecule has 2 aliphatic heterocycles. The molecule has 6 nitrogen and oxygen atoms in total. The zero-order chi connectivity index (χ0) is 28.2. The van der Waals surface area contributed by atoms with Crippen molar-refractivity contribution in [3.05, 3.63) is 76.7 Å². The fourth-order valence-electron chi connectivity index (χ4n) is 5.82. The van der Waals surface area contributed by atoms with E-state index in [-0.39, 0.29) is 29.7 Å². The maximum Gasteiger partial charge on any atom is 0.416 e. The molecular formula is C29H29F4N3O3. The van der Waals surface area contributed by atoms with Crippen LogP contribution in [0.4, 0.5) is 17.6 Å². The Morgan fingerprint density at radius 2 is 1.85 bits per heavy atom. The van der Waals surface area contributed by atoms with E-state index in [1.54, 1.807) is 18.2 Å². The Morgan fingerprint density at radius 1 is 1.13 bits per heavy atom. The summed E-state index contributed by atoms with van der Waals surface area (Å²) < 4.78 is 54.8. The first-order chi connectivity index (χ1) is 18.3. The number of fused-ring (bicyclic) bond motifs is 1. The van der Waals surface area contributed by atoms with E-state index < -0.39 is 40.4 Å². The third kappa shape index (κ3) is 5.03. The first kappa shape index (κ1) is 27.2. The summed E-state index contributed by atoms with van der Waals surface area (Å²) in [5.74, 6) is -2.01. The summed E-state index contributed by atoms with van der Waals surface area (Å²) in [5.41, 5.74) is -1.30. The number of carbonyl (C=O) groups excluding carboxylic acids is 2. The van der Waals surface area contributed by atoms with Crippen LogP contribution in [0.25, 0.3) is 10.9 Å². The Morgan fingerprint density at radius 3 is 2.49 bits per heavy atom. The molecule has 2 amide bonds. The second-order valence-corrected chi connectivity index (χ2v) is 11.2. The lowest BCUT2D eigenvalue weighted by molar-refractivity contribution is -0.138. The van der Waals surface area contributed by atoms with Gasteiger partial charge in [-0.1, -0.05) is 32.0 Å². The number of piperidine rings is 2. The Labute approximate surface area is 223 Å². The number of benzene rings is 2. The lowest BCUT2D eigenvalue weighted by Gasteiger charge is -2.50. The van der Waals surface area contributed by atoms with Crippen molar-refractivity contribution in [1.82, 2.24) is 15.2 Å². The molecule has 2 N–H and O–H groups in total. The molecule has 2 aromatic carbocycles. The Kier molecular flexibility index (Phi) is 6.75. The summed E-state index contributed by atoms with van der Waals surface area (Å²) in [4.78, 5) is 30.3. The third-order valence-electron chi connectivity index (χ3n) is 8.12. The molecule has 2 aliphatic rings. The molecule has 2 fully saturated rings. The second kappa shape index (κ2) is 9.67. The number of amides is 2. The van der Waals surface area contributed by atoms with Gasteiger partial charge in [-0.2, -0.15) is 13.2 Å². The summed E-state index contributed by atoms with van der Waals surface area (Å²) in [6.07, 6.45) is -2.17. The number of carbonyl (C=O) groups is 2. The number of nitrogens with zero attached hydrogens (tertiary/aromatic N) is 2. The molecule has 1 aromatic heterocycles. The Balaban J connectivity index is 1.40. The van der Waals surface area contributed by atoms with Crippen LogP contribution in [0.1, 0.15) is 61.3 Å². The fraction of sp³-hybridized carbons (Fsp3) is 0.414. The normalized spacial score (nSPS) is 24.1. The predicted molar refractivity (Wildman–Crippen MR) is 136 cm³/mol. The molecule has 0 aliphatic carbocycles. The zero-order valence-electron chi connectivity index (χ0n) is 21.6. The number of imide groups is 1. The van der Waals surface area contributed by atoms with Crippen LogP contribution in [0.2, 0.25) is 0 Å². The van der Waals surface area contributed by atoms with Crippen LogP contribution in [-0.2, 0) is 27.9 Å². The number of aromatic nitrogens is 1. The van der Waals surface area contributed by atoms with Gasteiger partial charge < -0.3 is 5.11 Å². The smallest absolute Gasteiger partial charge is 0.384 e. The molecule has 0 spiro atoms. The third-order valence-corrected chi connectivity index (χ3v) is 8.12. The average Bonchev–Trinajstić information content (AvgIpc) is 2.86. The highest BCUT2D eigenvalue weighted by atomic mass is 19.4. The van der Waals surface area contributed by atoms with Crippen molar-refractivity contribution in [1.29, 1.82) is 0 Å². The number of alkyl halides is 3. The molecule has 0 saturated carbocycles. The van der Waals surface area contributed by atoms with E-state index in [0.29, 0.717) is 42.7 Å². The van der Waals surface area contributed by atoms with Crippen LogP contribution >= 0.6 is 0 Å². The first-order valence-electron chi connectivity index (χ1n) is 12.8. The fourth-order valence-corrected chi connectivity index (χ4v) is 5.82. The SMILES string of the molecule is CC1(C)CN(Cc2ccc(C(F)(F)F)cc2)CCC1(O)c1ccc2ncc(C3CCC(=O)NC3=O)cc2c1F. The molecule has 0 bridgehead atoms. The molecular weight excluding hydrogens is 514 g/mol. The number of likely N-dealkylation sites (tertiary alicyclic amines) is 1. The Bertz CT molecular complexity index is 1440. The van der Waals surface area contributed by atoms with Gasteiger partial charge in [-0.25, -0.2) is 4.39 Å². The van der Waals surface area contributed by atoms with Gasteiger partial charge in [-0.3, -0.25) is 24.8 Å². The molecule has 0 radical (unpaired) electrons. The van der Waals surface area contributed by atoms with E-state index in [1.807, 2.05) is 18.7 Å². The highest BCUT2D eigenvalue weighted by Crippen LogP contribution is 2.48. The van der Waals surface area contributed by atoms with Crippen molar-refractivity contribution in [2.45, 2.75) is 57.3 Å². The monoisotopic (exact) mass is 543 g/mol. The summed E-state index contributed by atoms with van der Waals surface area (Å²) in [6.45, 7) is 4.88. The van der Waals surface area contributed by atoms with Crippen molar-refractivity contribution in [3.8, 4) is 0 Å². The maximum atomic E-state index is 16.1. The molecule has 3 heterocycles. The largest absolute Gasteiger partial charge is 0.416 e. The minimum Gasteiger partial charge on any atom is -0.384 e. The van der Waals surface area contributed by atoms with E-state index in [0.717, 1.165) is 12.1 Å². The van der Waals surface area contributed by atoms with Crippen LogP contribution in [0.5, 0.6) is 0 Å². The van der Waals surface area contributed by atoms with Gasteiger partial charge in [0, 0.05) is 48.6 Å². The summed E-state index contributed by atoms with van der Waals surface area (Å²) in [5, 5.41) is 14.4. The quantitative estimate of drug-likeness (QED) is 0.356. The van der Waals surface area contributed by atoms with Gasteiger partial charge in [-0.05, 0) is 48.2 Å². The van der Waals surface area contributed by atoms with Crippen molar-refractivity contribution >= 4 is 22.7 Å². The molecule has 3 aromatic rings. The van der Waals surface area contributed by atoms with Crippen molar-refractivity contribution in [3.63, 3.8) is 0 Å². The van der Waals surface area contributed by atoms with Gasteiger partial charge in [0.1, 0.15) is 5.82 Å². The Hall–Kier alpha value is -3.37. The number of aliphatic hydroxyl groups is 1. The van der Waals surface area contributed by atoms with Gasteiger partial charge >= 0.3 is 6.18 Å². The van der Waals surface area contributed by atoms with Crippen LogP contribution in [-0.4, -0.2) is 39.9 Å². The van der Waals surface area contributed by atoms with Crippen LogP contribution < -0.4 is 5.32 Å². The van der Waals surface area contributed by atoms with E-state index >= 15 is 4.39 Å². The number of rotatable bonds is 4. The zero-order valence-corrected chi connectivity index (χ0v) is 21.6. The first-order valence-corrected chi connectivity index (χ1v) is 12.8. The lowest BCUT2D eigenvalue weighted by atomic mass is 9.66. The highest BCUT2D eigenvalue weighted by Gasteiger charge is 2.50. The van der Waals surface area contributed by atoms with Crippen molar-refractivity contribution in [2.24, 2.45) is 5.41 Å². The molecule has 2 unspecified atom stereocenters. The van der Waals surface area contributed by atoms with Gasteiger partial charge in [0.25, 0.3) is 0 Å². The standard InChI is InChI=1S/C29H29F4N3O3/c1-27(2)16-36(15-17-3-5-19(6-4-17)29(31,32)33)12-11-28(27,39)22-8-9-23-21(25(22)30)13-18(14-34-23)20-7-10-24(37)35-26(20)38/h3-6,8-9,13-14,20,39H,7,10-12,15-16H2,1-2H3,(H,35,37,38). The van der Waals surface area contributed by atoms with Crippen LogP contribution in [0.3, 0.4) is 0 Å². The van der Waals surface area contributed by atoms with Crippen molar-refractivity contribution < 1.29 is 32.3 Å². The molecule has 206 valence electrons. The van der Waals surface area contributed by atoms with Crippen LogP contribution in [0, 0.1) is 11.2 Å². The van der Waals surface area contributed by atoms with Crippen LogP contribution in [0.15, 0.2) is 48.7 Å². The molecule has 2 saturated heterocycles. The van der Waals surface area contributed by atoms with Gasteiger partial charge in [0.2, 0.25) is 11.8 Å². The summed E-state index contributed by atoms with van der Waals surface area (Å²) in [6, 6.07) is 9.77. The summed E-state index contributed by atoms with van der Waals surface area (Å²) in [7, 11) is 0. The molecule has 5 rings (SSSR count). The van der Waals surface area contributed by atoms with Gasteiger partial charge in [-0.15, -0.1) is 0 Å². The highest BCUT2D eigenvalue weighted by molar-refractivity contribution is 6.01. The molecule has 39 heavy (non-hydrogen) atoms. The number of halogens is 4. The number of nitrogens with one attached hydrogen (secondary N) is 1. The average molecular weight is 544 g/mol. The minimum absolute atomic E-state index is 0.136. The van der Waals surface area contributed by atoms with E-state index in [4.69, 9.17) is 0 Å². The number of hydrogen-bond acceptors (Lipinski definition) is 5. The molecule has 2 atom stereocenters. The topological polar surface area (TPSA) is 82.5 Å². The predicted octanol–water partition coefficient (Wildman–Crippen LogP) is 5.03. The second-order valence-electron chi connectivity index (χ2n) is 11.2. The van der Waals surface area contributed by atoms with E-state index in [2.05, 4.69) is 10.3 Å². The maximum absolute atomic E-state index is 16.1. The van der Waals surface area contributed by atoms with E-state index in [1.165, 1.54) is 18.3 Å². The van der Waals surface area contributed by atoms with Gasteiger partial charge in [0.15, 0.2) is 0 Å². The van der Waals surface area contributed by atoms with Gasteiger partial charge in [0.05, 0.1) is 22.6 Å². The number of pyridine rings is 1.